The van der Waals surface area contributed by atoms with E-state index < -0.39 is 29.7 Å². The topological polar surface area (TPSA) is 95.5 Å². The van der Waals surface area contributed by atoms with Crippen LogP contribution in [0.25, 0.3) is 0 Å². The number of amides is 1. The van der Waals surface area contributed by atoms with Crippen molar-refractivity contribution in [1.29, 1.82) is 0 Å². The Morgan fingerprint density at radius 3 is 2.64 bits per heavy atom. The summed E-state index contributed by atoms with van der Waals surface area (Å²) in [7, 11) is 0. The van der Waals surface area contributed by atoms with E-state index in [9.17, 15) is 19.5 Å². The van der Waals surface area contributed by atoms with E-state index in [2.05, 4.69) is 5.32 Å². The van der Waals surface area contributed by atoms with Crippen molar-refractivity contribution in [1.82, 2.24) is 0 Å². The van der Waals surface area contributed by atoms with Gasteiger partial charge in [-0.25, -0.2) is 4.79 Å². The van der Waals surface area contributed by atoms with Crippen LogP contribution in [0.4, 0.5) is 5.00 Å². The number of thiophene rings is 1. The minimum absolute atomic E-state index is 0.129. The van der Waals surface area contributed by atoms with Gasteiger partial charge in [0.1, 0.15) is 5.00 Å². The first kappa shape index (κ1) is 19.5. The van der Waals surface area contributed by atoms with Gasteiger partial charge in [-0.3, -0.25) is 4.79 Å². The lowest BCUT2D eigenvalue weighted by atomic mass is 9.82. The summed E-state index contributed by atoms with van der Waals surface area (Å²) in [5, 5.41) is 14.8. The third-order valence-corrected chi connectivity index (χ3v) is 5.67. The monoisotopic (exact) mass is 384 g/mol. The molecule has 0 saturated carbocycles. The number of hydrogen-bond acceptors (Lipinski definition) is 6. The van der Waals surface area contributed by atoms with Gasteiger partial charge in [0.15, 0.2) is 0 Å². The SMILES string of the molecule is CCOC(=O)c1c(NC(=O)[C@H]2CC(Cl)=CC[C@H]2C(=O)[O-])sc(C)c1C. The standard InChI is InChI=1S/C17H20ClNO5S/c1-4-24-17(23)13-8(2)9(3)25-15(13)19-14(20)12-7-10(18)5-6-11(12)16(21)22/h5,11-12H,4,6-7H2,1-3H3,(H,19,20)(H,21,22)/p-1/t11-,12+/m1/s1. The van der Waals surface area contributed by atoms with Gasteiger partial charge < -0.3 is 20.0 Å². The van der Waals surface area contributed by atoms with Gasteiger partial charge in [0.25, 0.3) is 0 Å². The van der Waals surface area contributed by atoms with Crippen molar-refractivity contribution < 1.29 is 24.2 Å². The first-order valence-corrected chi connectivity index (χ1v) is 9.09. The van der Waals surface area contributed by atoms with E-state index in [1.165, 1.54) is 11.3 Å². The Bertz CT molecular complexity index is 740. The number of anilines is 1. The van der Waals surface area contributed by atoms with Gasteiger partial charge in [0, 0.05) is 21.8 Å². The third kappa shape index (κ3) is 4.22. The highest BCUT2D eigenvalue weighted by Crippen LogP contribution is 2.36. The highest BCUT2D eigenvalue weighted by atomic mass is 35.5. The lowest BCUT2D eigenvalue weighted by molar-refractivity contribution is -0.313. The van der Waals surface area contributed by atoms with Crippen molar-refractivity contribution in [3.8, 4) is 0 Å². The second-order valence-corrected chi connectivity index (χ2v) is 7.53. The van der Waals surface area contributed by atoms with Crippen molar-refractivity contribution in [3.63, 3.8) is 0 Å². The molecule has 0 saturated heterocycles. The quantitative estimate of drug-likeness (QED) is 0.786. The van der Waals surface area contributed by atoms with E-state index in [4.69, 9.17) is 16.3 Å². The van der Waals surface area contributed by atoms with Crippen LogP contribution >= 0.6 is 22.9 Å². The van der Waals surface area contributed by atoms with Crippen LogP contribution in [0, 0.1) is 25.7 Å². The fourth-order valence-corrected chi connectivity index (χ4v) is 4.07. The molecule has 1 N–H and O–H groups in total. The molecule has 0 aliphatic heterocycles. The summed E-state index contributed by atoms with van der Waals surface area (Å²) in [5.41, 5.74) is 1.04. The summed E-state index contributed by atoms with van der Waals surface area (Å²) in [6, 6.07) is 0. The Balaban J connectivity index is 2.28. The molecule has 25 heavy (non-hydrogen) atoms. The van der Waals surface area contributed by atoms with Gasteiger partial charge in [-0.2, -0.15) is 0 Å². The normalized spacial score (nSPS) is 19.9. The van der Waals surface area contributed by atoms with E-state index in [1.807, 2.05) is 6.92 Å². The van der Waals surface area contributed by atoms with Gasteiger partial charge >= 0.3 is 5.97 Å². The lowest BCUT2D eigenvalue weighted by Gasteiger charge is -2.29. The Morgan fingerprint density at radius 1 is 1.36 bits per heavy atom. The average Bonchev–Trinajstić information content (AvgIpc) is 2.81. The summed E-state index contributed by atoms with van der Waals surface area (Å²) < 4.78 is 5.05. The molecule has 1 aromatic rings. The summed E-state index contributed by atoms with van der Waals surface area (Å²) >= 11 is 7.23. The molecule has 0 bridgehead atoms. The van der Waals surface area contributed by atoms with Crippen molar-refractivity contribution in [2.75, 3.05) is 11.9 Å². The molecule has 0 aromatic carbocycles. The number of carbonyl (C=O) groups excluding carboxylic acids is 3. The Labute approximate surface area is 154 Å². The van der Waals surface area contributed by atoms with E-state index >= 15 is 0 Å². The Kier molecular flexibility index (Phi) is 6.24. The summed E-state index contributed by atoms with van der Waals surface area (Å²) in [4.78, 5) is 37.0. The van der Waals surface area contributed by atoms with E-state index in [0.717, 1.165) is 10.4 Å². The minimum atomic E-state index is -1.29. The molecule has 2 atom stereocenters. The number of aryl methyl sites for hydroxylation is 1. The van der Waals surface area contributed by atoms with Gasteiger partial charge in [-0.05, 0) is 39.2 Å². The largest absolute Gasteiger partial charge is 0.550 e. The van der Waals surface area contributed by atoms with Gasteiger partial charge in [0.2, 0.25) is 5.91 Å². The van der Waals surface area contributed by atoms with Crippen LogP contribution in [0.2, 0.25) is 0 Å². The first-order valence-electron chi connectivity index (χ1n) is 7.89. The van der Waals surface area contributed by atoms with Crippen molar-refractivity contribution in [2.45, 2.75) is 33.6 Å². The predicted molar refractivity (Wildman–Crippen MR) is 93.5 cm³/mol. The zero-order valence-electron chi connectivity index (χ0n) is 14.2. The smallest absolute Gasteiger partial charge is 0.341 e. The van der Waals surface area contributed by atoms with E-state index in [0.29, 0.717) is 15.6 Å². The molecule has 136 valence electrons. The van der Waals surface area contributed by atoms with Crippen LogP contribution in [-0.2, 0) is 14.3 Å². The van der Waals surface area contributed by atoms with Crippen LogP contribution < -0.4 is 10.4 Å². The van der Waals surface area contributed by atoms with Crippen LogP contribution in [0.5, 0.6) is 0 Å². The average molecular weight is 385 g/mol. The molecular weight excluding hydrogens is 366 g/mol. The van der Waals surface area contributed by atoms with Crippen molar-refractivity contribution >= 4 is 45.8 Å². The maximum absolute atomic E-state index is 12.6. The molecule has 0 fully saturated rings. The molecule has 1 amide bonds. The molecule has 1 aliphatic carbocycles. The second kappa shape index (κ2) is 8.01. The van der Waals surface area contributed by atoms with Crippen LogP contribution in [0.1, 0.15) is 40.6 Å². The maximum Gasteiger partial charge on any atom is 0.341 e. The molecule has 1 aromatic heterocycles. The number of esters is 1. The number of nitrogens with one attached hydrogen (secondary N) is 1. The molecule has 0 radical (unpaired) electrons. The van der Waals surface area contributed by atoms with Crippen molar-refractivity contribution in [2.24, 2.45) is 11.8 Å². The lowest BCUT2D eigenvalue weighted by Crippen LogP contribution is -2.42. The Morgan fingerprint density at radius 2 is 2.04 bits per heavy atom. The fourth-order valence-electron chi connectivity index (χ4n) is 2.76. The van der Waals surface area contributed by atoms with Crippen LogP contribution in [-0.4, -0.2) is 24.5 Å². The zero-order chi connectivity index (χ0) is 18.7. The molecule has 0 spiro atoms. The second-order valence-electron chi connectivity index (χ2n) is 5.82. The Hall–Kier alpha value is -1.86. The highest BCUT2D eigenvalue weighted by molar-refractivity contribution is 7.16. The van der Waals surface area contributed by atoms with E-state index in [-0.39, 0.29) is 19.4 Å². The molecule has 2 rings (SSSR count). The van der Waals surface area contributed by atoms with Gasteiger partial charge in [-0.15, -0.1) is 11.3 Å². The number of carbonyl (C=O) groups is 3. The third-order valence-electron chi connectivity index (χ3n) is 4.24. The number of ether oxygens (including phenoxy) is 1. The van der Waals surface area contributed by atoms with Crippen LogP contribution in [0.15, 0.2) is 11.1 Å². The molecular formula is C17H19ClNO5S-. The van der Waals surface area contributed by atoms with Crippen molar-refractivity contribution in [3.05, 3.63) is 27.1 Å². The number of rotatable bonds is 5. The minimum Gasteiger partial charge on any atom is -0.550 e. The first-order chi connectivity index (χ1) is 11.8. The zero-order valence-corrected chi connectivity index (χ0v) is 15.8. The summed E-state index contributed by atoms with van der Waals surface area (Å²) in [6.45, 7) is 5.53. The number of allylic oxidation sites excluding steroid dienone is 2. The molecule has 1 heterocycles. The van der Waals surface area contributed by atoms with Gasteiger partial charge in [0.05, 0.1) is 18.1 Å². The molecule has 0 unspecified atom stereocenters. The number of carboxylic acids is 1. The fraction of sp³-hybridized carbons (Fsp3) is 0.471. The summed E-state index contributed by atoms with van der Waals surface area (Å²) in [5.74, 6) is -4.09. The number of carboxylic acid groups (broad SMARTS) is 1. The van der Waals surface area contributed by atoms with Crippen LogP contribution in [0.3, 0.4) is 0 Å². The molecule has 1 aliphatic rings. The number of halogens is 1. The molecule has 6 nitrogen and oxygen atoms in total. The maximum atomic E-state index is 12.6. The molecule has 8 heteroatoms. The van der Waals surface area contributed by atoms with Gasteiger partial charge in [-0.1, -0.05) is 17.7 Å². The number of hydrogen-bond donors (Lipinski definition) is 1. The highest BCUT2D eigenvalue weighted by Gasteiger charge is 2.33. The van der Waals surface area contributed by atoms with E-state index in [1.54, 1.807) is 19.9 Å². The predicted octanol–water partition coefficient (Wildman–Crippen LogP) is 2.38. The number of aliphatic carboxylic acids is 1. The summed E-state index contributed by atoms with van der Waals surface area (Å²) in [6.07, 6.45) is 1.87.